The molecule has 1 amide bonds. The lowest BCUT2D eigenvalue weighted by atomic mass is 10.3. The third-order valence-electron chi connectivity index (χ3n) is 2.94. The number of rotatable bonds is 4. The zero-order chi connectivity index (χ0) is 15.6. The molecule has 21 heavy (non-hydrogen) atoms. The van der Waals surface area contributed by atoms with Gasteiger partial charge in [-0.3, -0.25) is 14.9 Å². The van der Waals surface area contributed by atoms with Gasteiger partial charge in [0.15, 0.2) is 0 Å². The van der Waals surface area contributed by atoms with Crippen LogP contribution in [0.4, 0.5) is 11.4 Å². The van der Waals surface area contributed by atoms with E-state index in [1.54, 1.807) is 12.1 Å². The zero-order valence-electron chi connectivity index (χ0n) is 11.6. The van der Waals surface area contributed by atoms with Crippen LogP contribution in [0.25, 0.3) is 0 Å². The van der Waals surface area contributed by atoms with Crippen LogP contribution in [0.2, 0.25) is 0 Å². The molecule has 0 bridgehead atoms. The van der Waals surface area contributed by atoms with Crippen LogP contribution in [0.15, 0.2) is 36.5 Å². The van der Waals surface area contributed by atoms with Crippen LogP contribution in [-0.2, 0) is 0 Å². The second kappa shape index (κ2) is 5.66. The predicted octanol–water partition coefficient (Wildman–Crippen LogP) is 2.94. The molecule has 0 aliphatic heterocycles. The number of nitro groups is 1. The maximum Gasteiger partial charge on any atom is 0.287 e. The first-order chi connectivity index (χ1) is 9.88. The van der Waals surface area contributed by atoms with Gasteiger partial charge in [-0.2, -0.15) is 0 Å². The van der Waals surface area contributed by atoms with Crippen molar-refractivity contribution < 1.29 is 14.8 Å². The molecule has 2 rings (SSSR count). The van der Waals surface area contributed by atoms with Crippen LogP contribution in [0.3, 0.4) is 0 Å². The Kier molecular flexibility index (Phi) is 3.93. The van der Waals surface area contributed by atoms with Crippen LogP contribution >= 0.6 is 0 Å². The number of phenols is 1. The highest BCUT2D eigenvalue weighted by Crippen LogP contribution is 2.22. The van der Waals surface area contributed by atoms with Gasteiger partial charge < -0.3 is 15.0 Å². The predicted molar refractivity (Wildman–Crippen MR) is 77.5 cm³/mol. The SMILES string of the molecule is CC(C)n1cc([N+](=O)[O-])cc1C(=O)Nc1cccc(O)c1. The van der Waals surface area contributed by atoms with Gasteiger partial charge in [0, 0.05) is 23.9 Å². The van der Waals surface area contributed by atoms with Crippen molar-refractivity contribution in [1.82, 2.24) is 4.57 Å². The van der Waals surface area contributed by atoms with E-state index in [1.807, 2.05) is 13.8 Å². The fourth-order valence-corrected chi connectivity index (χ4v) is 1.95. The molecular weight excluding hydrogens is 274 g/mol. The Bertz CT molecular complexity index is 691. The van der Waals surface area contributed by atoms with E-state index in [9.17, 15) is 20.0 Å². The standard InChI is InChI=1S/C14H15N3O4/c1-9(2)16-8-11(17(20)21)7-13(16)14(19)15-10-4-3-5-12(18)6-10/h3-9,18H,1-2H3,(H,15,19). The van der Waals surface area contributed by atoms with Crippen LogP contribution in [-0.4, -0.2) is 20.5 Å². The number of hydrogen-bond acceptors (Lipinski definition) is 4. The van der Waals surface area contributed by atoms with E-state index >= 15 is 0 Å². The van der Waals surface area contributed by atoms with Crippen molar-refractivity contribution in [2.24, 2.45) is 0 Å². The minimum absolute atomic E-state index is 0.0259. The maximum absolute atomic E-state index is 12.3. The highest BCUT2D eigenvalue weighted by atomic mass is 16.6. The van der Waals surface area contributed by atoms with Gasteiger partial charge in [-0.1, -0.05) is 6.07 Å². The minimum atomic E-state index is -0.538. The molecule has 2 aromatic rings. The molecule has 0 saturated carbocycles. The normalized spacial score (nSPS) is 10.6. The summed E-state index contributed by atoms with van der Waals surface area (Å²) >= 11 is 0. The molecule has 0 aliphatic carbocycles. The van der Waals surface area contributed by atoms with Gasteiger partial charge in [-0.15, -0.1) is 0 Å². The molecule has 0 saturated heterocycles. The molecule has 110 valence electrons. The van der Waals surface area contributed by atoms with Crippen molar-refractivity contribution in [3.63, 3.8) is 0 Å². The van der Waals surface area contributed by atoms with E-state index in [-0.39, 0.29) is 23.2 Å². The largest absolute Gasteiger partial charge is 0.508 e. The molecule has 0 atom stereocenters. The summed E-state index contributed by atoms with van der Waals surface area (Å²) in [5.41, 5.74) is 0.476. The van der Waals surface area contributed by atoms with Crippen molar-refractivity contribution >= 4 is 17.3 Å². The average molecular weight is 289 g/mol. The summed E-state index contributed by atoms with van der Waals surface area (Å²) in [5.74, 6) is -0.444. The number of nitrogens with one attached hydrogen (secondary N) is 1. The minimum Gasteiger partial charge on any atom is -0.508 e. The van der Waals surface area contributed by atoms with Gasteiger partial charge in [-0.25, -0.2) is 0 Å². The average Bonchev–Trinajstić information content (AvgIpc) is 2.84. The topological polar surface area (TPSA) is 97.4 Å². The summed E-state index contributed by atoms with van der Waals surface area (Å²) in [4.78, 5) is 22.6. The molecular formula is C14H15N3O4. The van der Waals surface area contributed by atoms with Gasteiger partial charge >= 0.3 is 0 Å². The Morgan fingerprint density at radius 1 is 1.38 bits per heavy atom. The molecule has 1 aromatic carbocycles. The number of phenolic OH excluding ortho intramolecular Hbond substituents is 1. The second-order valence-electron chi connectivity index (χ2n) is 4.85. The van der Waals surface area contributed by atoms with Crippen molar-refractivity contribution in [2.45, 2.75) is 19.9 Å². The van der Waals surface area contributed by atoms with E-state index in [1.165, 1.54) is 29.0 Å². The lowest BCUT2D eigenvalue weighted by Gasteiger charge is -2.12. The van der Waals surface area contributed by atoms with E-state index in [0.717, 1.165) is 0 Å². The Morgan fingerprint density at radius 2 is 2.10 bits per heavy atom. The molecule has 0 spiro atoms. The summed E-state index contributed by atoms with van der Waals surface area (Å²) in [7, 11) is 0. The highest BCUT2D eigenvalue weighted by Gasteiger charge is 2.20. The molecule has 0 unspecified atom stereocenters. The van der Waals surface area contributed by atoms with E-state index in [0.29, 0.717) is 5.69 Å². The number of nitrogens with zero attached hydrogens (tertiary/aromatic N) is 2. The van der Waals surface area contributed by atoms with Crippen LogP contribution in [0.5, 0.6) is 5.75 Å². The smallest absolute Gasteiger partial charge is 0.287 e. The highest BCUT2D eigenvalue weighted by molar-refractivity contribution is 6.03. The van der Waals surface area contributed by atoms with E-state index in [2.05, 4.69) is 5.32 Å². The lowest BCUT2D eigenvalue weighted by molar-refractivity contribution is -0.384. The maximum atomic E-state index is 12.3. The van der Waals surface area contributed by atoms with Crippen molar-refractivity contribution in [2.75, 3.05) is 5.32 Å². The lowest BCUT2D eigenvalue weighted by Crippen LogP contribution is -2.17. The van der Waals surface area contributed by atoms with E-state index in [4.69, 9.17) is 0 Å². The number of carbonyl (C=O) groups is 1. The third kappa shape index (κ3) is 3.19. The number of carbonyl (C=O) groups excluding carboxylic acids is 1. The Morgan fingerprint density at radius 3 is 2.67 bits per heavy atom. The van der Waals surface area contributed by atoms with Crippen molar-refractivity contribution in [3.05, 3.63) is 52.3 Å². The van der Waals surface area contributed by atoms with Crippen LogP contribution in [0.1, 0.15) is 30.4 Å². The number of anilines is 1. The zero-order valence-corrected chi connectivity index (χ0v) is 11.6. The first-order valence-electron chi connectivity index (χ1n) is 6.35. The molecule has 2 N–H and O–H groups in total. The molecule has 1 aromatic heterocycles. The number of amides is 1. The first-order valence-corrected chi connectivity index (χ1v) is 6.35. The molecule has 7 heteroatoms. The van der Waals surface area contributed by atoms with Crippen molar-refractivity contribution in [1.29, 1.82) is 0 Å². The van der Waals surface area contributed by atoms with Crippen LogP contribution in [0, 0.1) is 10.1 Å². The second-order valence-corrected chi connectivity index (χ2v) is 4.85. The van der Waals surface area contributed by atoms with Crippen LogP contribution < -0.4 is 5.32 Å². The fourth-order valence-electron chi connectivity index (χ4n) is 1.95. The van der Waals surface area contributed by atoms with Gasteiger partial charge in [0.1, 0.15) is 11.4 Å². The molecule has 1 heterocycles. The van der Waals surface area contributed by atoms with Gasteiger partial charge in [0.25, 0.3) is 11.6 Å². The Labute approximate surface area is 121 Å². The quantitative estimate of drug-likeness (QED) is 0.668. The van der Waals surface area contributed by atoms with E-state index < -0.39 is 10.8 Å². The Balaban J connectivity index is 2.32. The summed E-state index contributed by atoms with van der Waals surface area (Å²) in [5, 5.41) is 22.8. The summed E-state index contributed by atoms with van der Waals surface area (Å²) < 4.78 is 1.54. The monoisotopic (exact) mass is 289 g/mol. The summed E-state index contributed by atoms with van der Waals surface area (Å²) in [6.07, 6.45) is 1.34. The number of benzene rings is 1. The number of aromatic nitrogens is 1. The van der Waals surface area contributed by atoms with Crippen molar-refractivity contribution in [3.8, 4) is 5.75 Å². The number of hydrogen-bond donors (Lipinski definition) is 2. The molecule has 7 nitrogen and oxygen atoms in total. The fraction of sp³-hybridized carbons (Fsp3) is 0.214. The van der Waals surface area contributed by atoms with Gasteiger partial charge in [-0.05, 0) is 26.0 Å². The third-order valence-corrected chi connectivity index (χ3v) is 2.94. The summed E-state index contributed by atoms with van der Waals surface area (Å²) in [6, 6.07) is 7.23. The Hall–Kier alpha value is -2.83. The molecule has 0 aliphatic rings. The molecule has 0 radical (unpaired) electrons. The first kappa shape index (κ1) is 14.6. The van der Waals surface area contributed by atoms with Gasteiger partial charge in [0.2, 0.25) is 0 Å². The number of aromatic hydroxyl groups is 1. The summed E-state index contributed by atoms with van der Waals surface area (Å²) in [6.45, 7) is 3.66. The van der Waals surface area contributed by atoms with Gasteiger partial charge in [0.05, 0.1) is 11.1 Å². The molecule has 0 fully saturated rings.